The SMILES string of the molecule is Fc1cc2[nH]c(F)c(F)c2c(F)c1F. The van der Waals surface area contributed by atoms with Crippen molar-refractivity contribution in [3.05, 3.63) is 35.3 Å². The molecule has 0 fully saturated rings. The summed E-state index contributed by atoms with van der Waals surface area (Å²) in [5, 5.41) is -0.915. The Balaban J connectivity index is 2.99. The number of hydrogen-bond donors (Lipinski definition) is 1. The molecule has 0 unspecified atom stereocenters. The third kappa shape index (κ3) is 0.997. The highest BCUT2D eigenvalue weighted by atomic mass is 19.2. The van der Waals surface area contributed by atoms with Gasteiger partial charge in [0.15, 0.2) is 23.3 Å². The van der Waals surface area contributed by atoms with Crippen molar-refractivity contribution in [3.63, 3.8) is 0 Å². The molecular weight excluding hydrogens is 205 g/mol. The predicted octanol–water partition coefficient (Wildman–Crippen LogP) is 2.86. The van der Waals surface area contributed by atoms with Crippen LogP contribution in [0.2, 0.25) is 0 Å². The van der Waals surface area contributed by atoms with Gasteiger partial charge in [-0.1, -0.05) is 0 Å². The molecule has 0 aliphatic heterocycles. The van der Waals surface area contributed by atoms with Crippen molar-refractivity contribution in [1.82, 2.24) is 4.98 Å². The molecule has 1 aromatic carbocycles. The molecule has 2 rings (SSSR count). The summed E-state index contributed by atoms with van der Waals surface area (Å²) < 4.78 is 63.4. The maximum absolute atomic E-state index is 12.9. The van der Waals surface area contributed by atoms with Crippen molar-refractivity contribution in [2.45, 2.75) is 0 Å². The number of aromatic nitrogens is 1. The van der Waals surface area contributed by atoms with E-state index in [0.29, 0.717) is 6.07 Å². The summed E-state index contributed by atoms with van der Waals surface area (Å²) >= 11 is 0. The van der Waals surface area contributed by atoms with Crippen LogP contribution in [0.3, 0.4) is 0 Å². The minimum absolute atomic E-state index is 0.462. The molecule has 1 heterocycles. The normalized spacial score (nSPS) is 11.2. The van der Waals surface area contributed by atoms with Gasteiger partial charge in [-0.25, -0.2) is 17.6 Å². The number of H-pyrrole nitrogens is 1. The molecular formula is C8H2F5N. The van der Waals surface area contributed by atoms with Gasteiger partial charge in [-0.05, 0) is 0 Å². The lowest BCUT2D eigenvalue weighted by atomic mass is 10.2. The first kappa shape index (κ1) is 8.98. The first-order chi connectivity index (χ1) is 6.52. The van der Waals surface area contributed by atoms with Crippen molar-refractivity contribution in [2.75, 3.05) is 0 Å². The lowest BCUT2D eigenvalue weighted by Crippen LogP contribution is -1.91. The molecule has 0 spiro atoms. The second-order valence-electron chi connectivity index (χ2n) is 2.66. The average molecular weight is 207 g/mol. The van der Waals surface area contributed by atoms with E-state index in [1.54, 1.807) is 4.98 Å². The van der Waals surface area contributed by atoms with Crippen LogP contribution in [0.25, 0.3) is 10.9 Å². The Kier molecular flexibility index (Phi) is 1.73. The Bertz CT molecular complexity index is 516. The third-order valence-corrected chi connectivity index (χ3v) is 1.82. The topological polar surface area (TPSA) is 15.8 Å². The van der Waals surface area contributed by atoms with Crippen LogP contribution in [-0.2, 0) is 0 Å². The third-order valence-electron chi connectivity index (χ3n) is 1.82. The molecule has 0 saturated heterocycles. The number of nitrogens with one attached hydrogen (secondary N) is 1. The minimum Gasteiger partial charge on any atom is -0.329 e. The van der Waals surface area contributed by atoms with Crippen LogP contribution in [0.1, 0.15) is 0 Å². The lowest BCUT2D eigenvalue weighted by Gasteiger charge is -1.96. The van der Waals surface area contributed by atoms with E-state index < -0.39 is 40.1 Å². The number of aromatic amines is 1. The highest BCUT2D eigenvalue weighted by Gasteiger charge is 2.21. The van der Waals surface area contributed by atoms with E-state index in [4.69, 9.17) is 0 Å². The van der Waals surface area contributed by atoms with Gasteiger partial charge in [0.05, 0.1) is 10.9 Å². The van der Waals surface area contributed by atoms with E-state index in [2.05, 4.69) is 0 Å². The average Bonchev–Trinajstić information content (AvgIpc) is 2.39. The molecule has 6 heteroatoms. The molecule has 0 radical (unpaired) electrons. The molecule has 74 valence electrons. The zero-order chi connectivity index (χ0) is 10.5. The zero-order valence-corrected chi connectivity index (χ0v) is 6.47. The van der Waals surface area contributed by atoms with E-state index in [0.717, 1.165) is 0 Å². The van der Waals surface area contributed by atoms with Gasteiger partial charge in [0.25, 0.3) is 0 Å². The van der Waals surface area contributed by atoms with Gasteiger partial charge in [-0.15, -0.1) is 0 Å². The van der Waals surface area contributed by atoms with Gasteiger partial charge >= 0.3 is 0 Å². The van der Waals surface area contributed by atoms with E-state index in [-0.39, 0.29) is 0 Å². The second-order valence-corrected chi connectivity index (χ2v) is 2.66. The smallest absolute Gasteiger partial charge is 0.228 e. The van der Waals surface area contributed by atoms with Crippen LogP contribution in [0.15, 0.2) is 6.07 Å². The van der Waals surface area contributed by atoms with Crippen LogP contribution < -0.4 is 0 Å². The summed E-state index contributed by atoms with van der Waals surface area (Å²) in [4.78, 5) is 1.75. The van der Waals surface area contributed by atoms with Crippen molar-refractivity contribution in [3.8, 4) is 0 Å². The summed E-state index contributed by atoms with van der Waals surface area (Å²) in [7, 11) is 0. The monoisotopic (exact) mass is 207 g/mol. The first-order valence-electron chi connectivity index (χ1n) is 3.52. The highest BCUT2D eigenvalue weighted by molar-refractivity contribution is 5.81. The Morgan fingerprint density at radius 2 is 1.50 bits per heavy atom. The summed E-state index contributed by atoms with van der Waals surface area (Å²) in [5.41, 5.74) is -0.462. The number of rotatable bonds is 0. The van der Waals surface area contributed by atoms with Crippen molar-refractivity contribution < 1.29 is 22.0 Å². The van der Waals surface area contributed by atoms with Gasteiger partial charge in [0.1, 0.15) is 0 Å². The zero-order valence-electron chi connectivity index (χ0n) is 6.47. The molecule has 0 aliphatic rings. The van der Waals surface area contributed by atoms with Crippen LogP contribution in [0.4, 0.5) is 22.0 Å². The summed E-state index contributed by atoms with van der Waals surface area (Å²) in [6.45, 7) is 0. The van der Waals surface area contributed by atoms with E-state index in [1.165, 1.54) is 0 Å². The van der Waals surface area contributed by atoms with Crippen LogP contribution in [0, 0.1) is 29.2 Å². The molecule has 0 saturated carbocycles. The maximum atomic E-state index is 12.9. The van der Waals surface area contributed by atoms with E-state index in [9.17, 15) is 22.0 Å². The fourth-order valence-corrected chi connectivity index (χ4v) is 1.19. The van der Waals surface area contributed by atoms with E-state index in [1.807, 2.05) is 0 Å². The molecule has 14 heavy (non-hydrogen) atoms. The largest absolute Gasteiger partial charge is 0.329 e. The molecule has 0 bridgehead atoms. The number of hydrogen-bond acceptors (Lipinski definition) is 0. The van der Waals surface area contributed by atoms with Gasteiger partial charge in [0, 0.05) is 6.07 Å². The van der Waals surface area contributed by atoms with Crippen molar-refractivity contribution in [1.29, 1.82) is 0 Å². The lowest BCUT2D eigenvalue weighted by molar-refractivity contribution is 0.450. The quantitative estimate of drug-likeness (QED) is 0.505. The number of halogens is 5. The summed E-state index contributed by atoms with van der Waals surface area (Å²) in [6.07, 6.45) is 0. The summed E-state index contributed by atoms with van der Waals surface area (Å²) in [5.74, 6) is -8.08. The molecule has 0 amide bonds. The molecule has 1 aromatic heterocycles. The van der Waals surface area contributed by atoms with Crippen LogP contribution >= 0.6 is 0 Å². The molecule has 1 N–H and O–H groups in total. The van der Waals surface area contributed by atoms with Gasteiger partial charge in [-0.2, -0.15) is 4.39 Å². The number of fused-ring (bicyclic) bond motifs is 1. The molecule has 0 aliphatic carbocycles. The predicted molar refractivity (Wildman–Crippen MR) is 38.1 cm³/mol. The molecule has 1 nitrogen and oxygen atoms in total. The molecule has 2 aromatic rings. The first-order valence-corrected chi connectivity index (χ1v) is 3.52. The Hall–Kier alpha value is -1.59. The van der Waals surface area contributed by atoms with Gasteiger partial charge in [-0.3, -0.25) is 0 Å². The van der Waals surface area contributed by atoms with Crippen molar-refractivity contribution in [2.24, 2.45) is 0 Å². The highest BCUT2D eigenvalue weighted by Crippen LogP contribution is 2.26. The fraction of sp³-hybridized carbons (Fsp3) is 0. The standard InChI is InChI=1S/C8H2F5N/c9-2-1-3-4(6(11)5(2)10)7(12)8(13)14-3/h1,14H. The fourth-order valence-electron chi connectivity index (χ4n) is 1.19. The van der Waals surface area contributed by atoms with Crippen molar-refractivity contribution >= 4 is 10.9 Å². The minimum atomic E-state index is -1.82. The summed E-state index contributed by atoms with van der Waals surface area (Å²) in [6, 6.07) is 0.486. The molecule has 0 atom stereocenters. The number of benzene rings is 1. The second kappa shape index (κ2) is 2.70. The van der Waals surface area contributed by atoms with Gasteiger partial charge in [0.2, 0.25) is 5.95 Å². The van der Waals surface area contributed by atoms with Crippen LogP contribution in [0.5, 0.6) is 0 Å². The van der Waals surface area contributed by atoms with Gasteiger partial charge < -0.3 is 4.98 Å². The van der Waals surface area contributed by atoms with Crippen LogP contribution in [-0.4, -0.2) is 4.98 Å². The van der Waals surface area contributed by atoms with E-state index >= 15 is 0 Å². The maximum Gasteiger partial charge on any atom is 0.228 e. The Morgan fingerprint density at radius 1 is 0.857 bits per heavy atom. The Labute approximate surface area is 74.1 Å². The Morgan fingerprint density at radius 3 is 2.14 bits per heavy atom.